The van der Waals surface area contributed by atoms with Crippen LogP contribution in [0.25, 0.3) is 0 Å². The van der Waals surface area contributed by atoms with Crippen molar-refractivity contribution < 1.29 is 14.3 Å². The lowest BCUT2D eigenvalue weighted by molar-refractivity contribution is -0.127. The van der Waals surface area contributed by atoms with Crippen LogP contribution in [-0.4, -0.2) is 24.7 Å². The standard InChI is InChI=1S/C15H15Cl2NO3/c16-10-3-2-8-11(6-20-14(8)13(10)17)18-15(19)9-5-7-1-4-12(9)21-7/h2-3,7,9,11-12H,1,4-6H2,(H,18,19)/t7-,9-,11-,12-/m1/s1. The summed E-state index contributed by atoms with van der Waals surface area (Å²) < 4.78 is 11.3. The molecule has 4 atom stereocenters. The molecule has 1 aromatic carbocycles. The highest BCUT2D eigenvalue weighted by Gasteiger charge is 2.45. The van der Waals surface area contributed by atoms with Gasteiger partial charge in [0, 0.05) is 5.56 Å². The van der Waals surface area contributed by atoms with Crippen molar-refractivity contribution in [3.05, 3.63) is 27.7 Å². The number of fused-ring (bicyclic) bond motifs is 3. The molecule has 2 saturated heterocycles. The van der Waals surface area contributed by atoms with Gasteiger partial charge in [-0.25, -0.2) is 0 Å². The first kappa shape index (κ1) is 13.7. The molecule has 3 aliphatic heterocycles. The number of hydrogen-bond acceptors (Lipinski definition) is 3. The molecule has 6 heteroatoms. The third-order valence-corrected chi connectivity index (χ3v) is 5.40. The average Bonchev–Trinajstić information content (AvgIpc) is 3.18. The van der Waals surface area contributed by atoms with Crippen molar-refractivity contribution in [3.63, 3.8) is 0 Å². The van der Waals surface area contributed by atoms with Gasteiger partial charge in [0.2, 0.25) is 5.91 Å². The number of ether oxygens (including phenoxy) is 2. The predicted octanol–water partition coefficient (Wildman–Crippen LogP) is 3.11. The molecule has 0 saturated carbocycles. The van der Waals surface area contributed by atoms with Crippen LogP contribution in [0.5, 0.6) is 5.75 Å². The van der Waals surface area contributed by atoms with E-state index in [1.807, 2.05) is 6.07 Å². The van der Waals surface area contributed by atoms with Crippen LogP contribution in [-0.2, 0) is 9.53 Å². The lowest BCUT2D eigenvalue weighted by Gasteiger charge is -2.20. The molecule has 112 valence electrons. The zero-order chi connectivity index (χ0) is 14.6. The van der Waals surface area contributed by atoms with Gasteiger partial charge in [0.25, 0.3) is 0 Å². The average molecular weight is 328 g/mol. The van der Waals surface area contributed by atoms with Gasteiger partial charge >= 0.3 is 0 Å². The monoisotopic (exact) mass is 327 g/mol. The van der Waals surface area contributed by atoms with Crippen LogP contribution in [0, 0.1) is 5.92 Å². The van der Waals surface area contributed by atoms with Crippen molar-refractivity contribution in [1.82, 2.24) is 5.32 Å². The summed E-state index contributed by atoms with van der Waals surface area (Å²) in [6.45, 7) is 0.392. The summed E-state index contributed by atoms with van der Waals surface area (Å²) in [5.74, 6) is 0.601. The number of nitrogens with one attached hydrogen (secondary N) is 1. The van der Waals surface area contributed by atoms with E-state index in [4.69, 9.17) is 32.7 Å². The molecule has 1 amide bonds. The van der Waals surface area contributed by atoms with Gasteiger partial charge in [-0.1, -0.05) is 29.3 Å². The largest absolute Gasteiger partial charge is 0.489 e. The Kier molecular flexibility index (Phi) is 3.28. The van der Waals surface area contributed by atoms with Crippen molar-refractivity contribution in [1.29, 1.82) is 0 Å². The van der Waals surface area contributed by atoms with Crippen LogP contribution < -0.4 is 10.1 Å². The maximum absolute atomic E-state index is 12.4. The summed E-state index contributed by atoms with van der Waals surface area (Å²) >= 11 is 12.1. The van der Waals surface area contributed by atoms with Crippen molar-refractivity contribution in [3.8, 4) is 5.75 Å². The first-order chi connectivity index (χ1) is 10.1. The number of amides is 1. The van der Waals surface area contributed by atoms with E-state index in [0.29, 0.717) is 22.4 Å². The maximum atomic E-state index is 12.4. The normalized spacial score (nSPS) is 32.9. The summed E-state index contributed by atoms with van der Waals surface area (Å²) in [6.07, 6.45) is 3.26. The molecule has 1 aromatic rings. The molecule has 21 heavy (non-hydrogen) atoms. The zero-order valence-electron chi connectivity index (χ0n) is 11.3. The first-order valence-electron chi connectivity index (χ1n) is 7.20. The molecule has 0 aromatic heterocycles. The molecule has 1 N–H and O–H groups in total. The minimum absolute atomic E-state index is 0.0319. The molecule has 2 fully saturated rings. The van der Waals surface area contributed by atoms with E-state index in [2.05, 4.69) is 5.32 Å². The highest BCUT2D eigenvalue weighted by atomic mass is 35.5. The minimum atomic E-state index is -0.165. The minimum Gasteiger partial charge on any atom is -0.489 e. The van der Waals surface area contributed by atoms with E-state index in [-0.39, 0.29) is 30.1 Å². The summed E-state index contributed by atoms with van der Waals surface area (Å²) in [6, 6.07) is 3.43. The molecule has 0 unspecified atom stereocenters. The van der Waals surface area contributed by atoms with Crippen molar-refractivity contribution in [2.24, 2.45) is 5.92 Å². The fourth-order valence-electron chi connectivity index (χ4n) is 3.54. The molecule has 0 aliphatic carbocycles. The summed E-state index contributed by atoms with van der Waals surface area (Å²) in [4.78, 5) is 12.4. The predicted molar refractivity (Wildman–Crippen MR) is 78.8 cm³/mol. The molecule has 3 heterocycles. The van der Waals surface area contributed by atoms with Gasteiger partial charge in [0.1, 0.15) is 17.4 Å². The molecule has 0 spiro atoms. The third-order valence-electron chi connectivity index (χ3n) is 4.61. The number of rotatable bonds is 2. The number of benzene rings is 1. The van der Waals surface area contributed by atoms with E-state index in [1.165, 1.54) is 0 Å². The van der Waals surface area contributed by atoms with E-state index in [1.54, 1.807) is 6.07 Å². The number of carbonyl (C=O) groups excluding carboxylic acids is 1. The van der Waals surface area contributed by atoms with Crippen molar-refractivity contribution in [2.45, 2.75) is 37.5 Å². The second-order valence-corrected chi connectivity index (χ2v) is 6.65. The Labute approximate surface area is 132 Å². The molecular formula is C15H15Cl2NO3. The van der Waals surface area contributed by atoms with Gasteiger partial charge in [-0.2, -0.15) is 0 Å². The molecule has 3 aliphatic rings. The molecule has 4 rings (SSSR count). The third kappa shape index (κ3) is 2.20. The van der Waals surface area contributed by atoms with Gasteiger partial charge in [-0.15, -0.1) is 0 Å². The van der Waals surface area contributed by atoms with Crippen LogP contribution >= 0.6 is 23.2 Å². The van der Waals surface area contributed by atoms with Gasteiger partial charge < -0.3 is 14.8 Å². The molecule has 2 bridgehead atoms. The molecule has 0 radical (unpaired) electrons. The van der Waals surface area contributed by atoms with Crippen LogP contribution in [0.15, 0.2) is 12.1 Å². The topological polar surface area (TPSA) is 47.6 Å². The Hall–Kier alpha value is -0.970. The fourth-order valence-corrected chi connectivity index (χ4v) is 3.91. The lowest BCUT2D eigenvalue weighted by atomic mass is 9.88. The Morgan fingerprint density at radius 3 is 2.86 bits per heavy atom. The van der Waals surface area contributed by atoms with E-state index in [9.17, 15) is 4.79 Å². The fraction of sp³-hybridized carbons (Fsp3) is 0.533. The second-order valence-electron chi connectivity index (χ2n) is 5.87. The van der Waals surface area contributed by atoms with Gasteiger partial charge in [-0.3, -0.25) is 4.79 Å². The van der Waals surface area contributed by atoms with E-state index >= 15 is 0 Å². The van der Waals surface area contributed by atoms with E-state index in [0.717, 1.165) is 24.8 Å². The highest BCUT2D eigenvalue weighted by Crippen LogP contribution is 2.43. The van der Waals surface area contributed by atoms with Crippen molar-refractivity contribution in [2.75, 3.05) is 6.61 Å². The highest BCUT2D eigenvalue weighted by molar-refractivity contribution is 6.43. The quantitative estimate of drug-likeness (QED) is 0.907. The maximum Gasteiger partial charge on any atom is 0.226 e. The van der Waals surface area contributed by atoms with Gasteiger partial charge in [0.05, 0.1) is 29.2 Å². The Balaban J connectivity index is 1.50. The molecule has 4 nitrogen and oxygen atoms in total. The van der Waals surface area contributed by atoms with E-state index < -0.39 is 0 Å². The second kappa shape index (κ2) is 5.04. The van der Waals surface area contributed by atoms with Gasteiger partial charge in [-0.05, 0) is 25.3 Å². The van der Waals surface area contributed by atoms with Crippen LogP contribution in [0.2, 0.25) is 10.0 Å². The Morgan fingerprint density at radius 2 is 2.14 bits per heavy atom. The Bertz CT molecular complexity index is 607. The first-order valence-corrected chi connectivity index (χ1v) is 7.95. The number of hydrogen-bond donors (Lipinski definition) is 1. The Morgan fingerprint density at radius 1 is 1.29 bits per heavy atom. The zero-order valence-corrected chi connectivity index (χ0v) is 12.8. The summed E-state index contributed by atoms with van der Waals surface area (Å²) in [7, 11) is 0. The van der Waals surface area contributed by atoms with Crippen molar-refractivity contribution >= 4 is 29.1 Å². The summed E-state index contributed by atoms with van der Waals surface area (Å²) in [5.41, 5.74) is 0.891. The summed E-state index contributed by atoms with van der Waals surface area (Å²) in [5, 5.41) is 3.94. The number of halogens is 2. The van der Waals surface area contributed by atoms with Crippen LogP contribution in [0.4, 0.5) is 0 Å². The van der Waals surface area contributed by atoms with Gasteiger partial charge in [0.15, 0.2) is 0 Å². The lowest BCUT2D eigenvalue weighted by Crippen LogP contribution is -2.38. The molecular weight excluding hydrogens is 313 g/mol. The number of carbonyl (C=O) groups is 1. The van der Waals surface area contributed by atoms with Crippen LogP contribution in [0.1, 0.15) is 30.9 Å². The smallest absolute Gasteiger partial charge is 0.226 e. The van der Waals surface area contributed by atoms with Crippen LogP contribution in [0.3, 0.4) is 0 Å². The SMILES string of the molecule is O=C(N[C@@H]1COc2c1ccc(Cl)c2Cl)[C@@H]1C[C@H]2CC[C@H]1O2.